The highest BCUT2D eigenvalue weighted by atomic mass is 16.5. The van der Waals surface area contributed by atoms with E-state index in [2.05, 4.69) is 15.6 Å². The quantitative estimate of drug-likeness (QED) is 0.694. The van der Waals surface area contributed by atoms with E-state index in [0.29, 0.717) is 30.3 Å². The fourth-order valence-electron chi connectivity index (χ4n) is 3.30. The zero-order chi connectivity index (χ0) is 20.2. The number of amides is 2. The van der Waals surface area contributed by atoms with Crippen molar-refractivity contribution < 1.29 is 14.3 Å². The molecule has 0 spiro atoms. The first-order valence-corrected chi connectivity index (χ1v) is 9.55. The van der Waals surface area contributed by atoms with Gasteiger partial charge in [-0.25, -0.2) is 4.98 Å². The number of carbonyl (C=O) groups excluding carboxylic acids is 2. The molecule has 2 N–H and O–H groups in total. The molecule has 1 saturated heterocycles. The molecule has 3 aromatic rings. The van der Waals surface area contributed by atoms with E-state index in [-0.39, 0.29) is 18.4 Å². The first kappa shape index (κ1) is 19.1. The van der Waals surface area contributed by atoms with Gasteiger partial charge in [0.05, 0.1) is 31.1 Å². The number of aromatic nitrogens is 2. The molecule has 2 aromatic heterocycles. The van der Waals surface area contributed by atoms with Crippen molar-refractivity contribution in [3.05, 3.63) is 60.0 Å². The molecule has 0 unspecified atom stereocenters. The lowest BCUT2D eigenvalue weighted by molar-refractivity contribution is -0.118. The van der Waals surface area contributed by atoms with Crippen molar-refractivity contribution in [3.63, 3.8) is 0 Å². The van der Waals surface area contributed by atoms with Crippen LogP contribution in [0.1, 0.15) is 16.1 Å². The molecule has 1 fully saturated rings. The van der Waals surface area contributed by atoms with E-state index < -0.39 is 0 Å². The van der Waals surface area contributed by atoms with Crippen molar-refractivity contribution in [1.29, 1.82) is 0 Å². The average Bonchev–Trinajstić information content (AvgIpc) is 3.16. The number of carbonyl (C=O) groups is 2. The molecule has 8 nitrogen and oxygen atoms in total. The third-order valence-corrected chi connectivity index (χ3v) is 4.83. The number of nitrogens with zero attached hydrogens (tertiary/aromatic N) is 3. The first-order chi connectivity index (χ1) is 14.1. The largest absolute Gasteiger partial charge is 0.379 e. The van der Waals surface area contributed by atoms with Crippen molar-refractivity contribution in [2.45, 2.75) is 6.92 Å². The van der Waals surface area contributed by atoms with Crippen molar-refractivity contribution in [3.8, 4) is 0 Å². The highest BCUT2D eigenvalue weighted by Crippen LogP contribution is 2.22. The Morgan fingerprint density at radius 3 is 2.52 bits per heavy atom. The first-order valence-electron chi connectivity index (χ1n) is 9.55. The lowest BCUT2D eigenvalue weighted by atomic mass is 10.2. The van der Waals surface area contributed by atoms with E-state index in [1.165, 1.54) is 0 Å². The smallest absolute Gasteiger partial charge is 0.275 e. The van der Waals surface area contributed by atoms with E-state index in [1.807, 2.05) is 40.6 Å². The predicted octanol–water partition coefficient (Wildman–Crippen LogP) is 2.17. The Labute approximate surface area is 168 Å². The van der Waals surface area contributed by atoms with E-state index in [1.54, 1.807) is 24.4 Å². The molecule has 1 aliphatic heterocycles. The summed E-state index contributed by atoms with van der Waals surface area (Å²) in [6.45, 7) is 4.98. The average molecular weight is 393 g/mol. The normalized spacial score (nSPS) is 14.7. The van der Waals surface area contributed by atoms with Gasteiger partial charge in [-0.05, 0) is 30.7 Å². The second kappa shape index (κ2) is 8.42. The molecule has 150 valence electrons. The number of ether oxygens (including phenoxy) is 1. The summed E-state index contributed by atoms with van der Waals surface area (Å²) in [5, 5.41) is 5.74. The van der Waals surface area contributed by atoms with Crippen LogP contribution in [0.4, 0.5) is 11.4 Å². The number of fused-ring (bicyclic) bond motifs is 1. The molecule has 0 radical (unpaired) electrons. The zero-order valence-electron chi connectivity index (χ0n) is 16.2. The van der Waals surface area contributed by atoms with Gasteiger partial charge in [0.1, 0.15) is 11.3 Å². The molecule has 4 rings (SSSR count). The van der Waals surface area contributed by atoms with Crippen molar-refractivity contribution >= 4 is 28.8 Å². The van der Waals surface area contributed by atoms with Crippen molar-refractivity contribution in [2.75, 3.05) is 43.5 Å². The third kappa shape index (κ3) is 4.44. The molecule has 29 heavy (non-hydrogen) atoms. The summed E-state index contributed by atoms with van der Waals surface area (Å²) in [5.74, 6) is -0.458. The van der Waals surface area contributed by atoms with Gasteiger partial charge in [0.25, 0.3) is 5.91 Å². The number of nitrogens with one attached hydrogen (secondary N) is 2. The second-order valence-electron chi connectivity index (χ2n) is 6.98. The van der Waals surface area contributed by atoms with Gasteiger partial charge in [0.15, 0.2) is 0 Å². The van der Waals surface area contributed by atoms with Crippen LogP contribution in [0.3, 0.4) is 0 Å². The number of benzene rings is 1. The number of anilines is 2. The maximum Gasteiger partial charge on any atom is 0.275 e. The Hall–Kier alpha value is -3.23. The lowest BCUT2D eigenvalue weighted by Gasteiger charge is -2.26. The lowest BCUT2D eigenvalue weighted by Crippen LogP contribution is -2.41. The maximum absolute atomic E-state index is 12.7. The Morgan fingerprint density at radius 1 is 1.07 bits per heavy atom. The molecular weight excluding hydrogens is 370 g/mol. The summed E-state index contributed by atoms with van der Waals surface area (Å²) in [6.07, 6.45) is 3.54. The zero-order valence-corrected chi connectivity index (χ0v) is 16.2. The van der Waals surface area contributed by atoms with Gasteiger partial charge in [-0.3, -0.25) is 14.5 Å². The molecular formula is C21H23N5O3. The maximum atomic E-state index is 12.7. The molecule has 0 bridgehead atoms. The number of rotatable bonds is 5. The van der Waals surface area contributed by atoms with Gasteiger partial charge in [-0.2, -0.15) is 0 Å². The summed E-state index contributed by atoms with van der Waals surface area (Å²) < 4.78 is 7.12. The van der Waals surface area contributed by atoms with Gasteiger partial charge in [0, 0.05) is 25.5 Å². The Balaban J connectivity index is 1.46. The minimum atomic E-state index is -0.331. The van der Waals surface area contributed by atoms with Gasteiger partial charge >= 0.3 is 0 Å². The Bertz CT molecular complexity index is 1040. The number of hydrogen-bond acceptors (Lipinski definition) is 5. The molecule has 0 saturated carbocycles. The Morgan fingerprint density at radius 2 is 1.79 bits per heavy atom. The number of imidazole rings is 1. The fourth-order valence-corrected chi connectivity index (χ4v) is 3.30. The molecule has 2 amide bonds. The molecule has 1 aromatic carbocycles. The summed E-state index contributed by atoms with van der Waals surface area (Å²) >= 11 is 0. The van der Waals surface area contributed by atoms with Crippen LogP contribution in [0, 0.1) is 6.92 Å². The minimum Gasteiger partial charge on any atom is -0.379 e. The number of morpholine rings is 1. The molecule has 8 heteroatoms. The van der Waals surface area contributed by atoms with Crippen LogP contribution in [-0.2, 0) is 9.53 Å². The van der Waals surface area contributed by atoms with Crippen molar-refractivity contribution in [2.24, 2.45) is 0 Å². The van der Waals surface area contributed by atoms with Gasteiger partial charge in [-0.15, -0.1) is 0 Å². The molecule has 0 aliphatic carbocycles. The minimum absolute atomic E-state index is 0.128. The van der Waals surface area contributed by atoms with Crippen LogP contribution in [0.5, 0.6) is 0 Å². The summed E-state index contributed by atoms with van der Waals surface area (Å²) in [4.78, 5) is 31.6. The summed E-state index contributed by atoms with van der Waals surface area (Å²) in [7, 11) is 0. The second-order valence-corrected chi connectivity index (χ2v) is 6.98. The van der Waals surface area contributed by atoms with Crippen LogP contribution in [0.15, 0.2) is 48.8 Å². The van der Waals surface area contributed by atoms with Gasteiger partial charge < -0.3 is 19.8 Å². The monoisotopic (exact) mass is 393 g/mol. The van der Waals surface area contributed by atoms with Crippen LogP contribution in [0.2, 0.25) is 0 Å². The number of para-hydroxylation sites is 2. The molecule has 3 heterocycles. The third-order valence-electron chi connectivity index (χ3n) is 4.83. The van der Waals surface area contributed by atoms with Crippen LogP contribution in [0.25, 0.3) is 5.65 Å². The standard InChI is InChI=1S/C21H23N5O3/c1-15-5-4-8-26-13-18(23-20(15)26)21(28)24-17-7-3-2-6-16(17)22-19(27)14-25-9-11-29-12-10-25/h2-8,13H,9-12,14H2,1H3,(H,22,27)(H,24,28). The number of hydrogen-bond donors (Lipinski definition) is 2. The molecule has 1 aliphatic rings. The topological polar surface area (TPSA) is 88.0 Å². The Kier molecular flexibility index (Phi) is 5.55. The van der Waals surface area contributed by atoms with Crippen LogP contribution in [-0.4, -0.2) is 58.9 Å². The van der Waals surface area contributed by atoms with E-state index in [0.717, 1.165) is 24.3 Å². The van der Waals surface area contributed by atoms with Crippen LogP contribution >= 0.6 is 0 Å². The highest BCUT2D eigenvalue weighted by molar-refractivity contribution is 6.06. The van der Waals surface area contributed by atoms with Crippen LogP contribution < -0.4 is 10.6 Å². The van der Waals surface area contributed by atoms with Crippen molar-refractivity contribution in [1.82, 2.24) is 14.3 Å². The van der Waals surface area contributed by atoms with E-state index >= 15 is 0 Å². The van der Waals surface area contributed by atoms with Gasteiger partial charge in [-0.1, -0.05) is 18.2 Å². The van der Waals surface area contributed by atoms with Gasteiger partial charge in [0.2, 0.25) is 5.91 Å². The predicted molar refractivity (Wildman–Crippen MR) is 110 cm³/mol. The molecule has 0 atom stereocenters. The highest BCUT2D eigenvalue weighted by Gasteiger charge is 2.17. The fraction of sp³-hybridized carbons (Fsp3) is 0.286. The SMILES string of the molecule is Cc1cccn2cc(C(=O)Nc3ccccc3NC(=O)CN3CCOCC3)nc12. The number of aryl methyl sites for hydroxylation is 1. The summed E-state index contributed by atoms with van der Waals surface area (Å²) in [5.41, 5.74) is 3.13. The number of pyridine rings is 1. The summed E-state index contributed by atoms with van der Waals surface area (Å²) in [6, 6.07) is 11.0. The van der Waals surface area contributed by atoms with E-state index in [4.69, 9.17) is 4.74 Å². The van der Waals surface area contributed by atoms with E-state index in [9.17, 15) is 9.59 Å².